The van der Waals surface area contributed by atoms with Gasteiger partial charge in [-0.05, 0) is 54.3 Å². The number of rotatable bonds is 4. The minimum absolute atomic E-state index is 0.290. The normalized spacial score (nSPS) is 14.6. The number of benzene rings is 2. The summed E-state index contributed by atoms with van der Waals surface area (Å²) in [6, 6.07) is 12.5. The van der Waals surface area contributed by atoms with Crippen molar-refractivity contribution in [2.24, 2.45) is 5.73 Å². The number of aryl methyl sites for hydroxylation is 1. The molecule has 1 heterocycles. The van der Waals surface area contributed by atoms with Crippen LogP contribution in [0.1, 0.15) is 28.2 Å². The summed E-state index contributed by atoms with van der Waals surface area (Å²) >= 11 is 6.25. The fourth-order valence-corrected chi connectivity index (χ4v) is 3.39. The molecule has 2 aromatic rings. The molecule has 0 amide bonds. The van der Waals surface area contributed by atoms with Crippen LogP contribution in [-0.2, 0) is 12.8 Å². The van der Waals surface area contributed by atoms with Crippen LogP contribution in [0, 0.1) is 6.92 Å². The molecule has 3 heteroatoms. The van der Waals surface area contributed by atoms with Gasteiger partial charge in [0.2, 0.25) is 0 Å². The molecule has 0 fully saturated rings. The van der Waals surface area contributed by atoms with Gasteiger partial charge in [-0.1, -0.05) is 35.9 Å². The van der Waals surface area contributed by atoms with Crippen molar-refractivity contribution < 1.29 is 4.74 Å². The van der Waals surface area contributed by atoms with Crippen LogP contribution < -0.4 is 10.5 Å². The summed E-state index contributed by atoms with van der Waals surface area (Å²) in [6.45, 7) is 3.50. The van der Waals surface area contributed by atoms with Crippen LogP contribution >= 0.6 is 11.6 Å². The first-order valence-corrected chi connectivity index (χ1v) is 7.76. The van der Waals surface area contributed by atoms with Gasteiger partial charge in [0.1, 0.15) is 5.75 Å². The molecule has 3 rings (SSSR count). The SMILES string of the molecule is Cc1ccccc1C(CN)Cc1cc(Cl)cc2c1OCC2. The molecule has 1 unspecified atom stereocenters. The lowest BCUT2D eigenvalue weighted by atomic mass is 9.88. The van der Waals surface area contributed by atoms with E-state index in [0.717, 1.165) is 30.2 Å². The van der Waals surface area contributed by atoms with Gasteiger partial charge in [0.25, 0.3) is 0 Å². The fourth-order valence-electron chi connectivity index (χ4n) is 3.13. The topological polar surface area (TPSA) is 35.2 Å². The van der Waals surface area contributed by atoms with Crippen molar-refractivity contribution in [2.45, 2.75) is 25.7 Å². The van der Waals surface area contributed by atoms with Crippen molar-refractivity contribution in [1.82, 2.24) is 0 Å². The van der Waals surface area contributed by atoms with E-state index in [1.54, 1.807) is 0 Å². The molecule has 0 spiro atoms. The summed E-state index contributed by atoms with van der Waals surface area (Å²) in [7, 11) is 0. The Morgan fingerprint density at radius 1 is 1.29 bits per heavy atom. The summed E-state index contributed by atoms with van der Waals surface area (Å²) in [6.07, 6.45) is 1.81. The highest BCUT2D eigenvalue weighted by Crippen LogP contribution is 2.36. The molecule has 0 bridgehead atoms. The highest BCUT2D eigenvalue weighted by molar-refractivity contribution is 6.30. The Bertz CT molecular complexity index is 654. The Kier molecular flexibility index (Phi) is 4.18. The van der Waals surface area contributed by atoms with Gasteiger partial charge in [-0.2, -0.15) is 0 Å². The molecule has 0 radical (unpaired) electrons. The van der Waals surface area contributed by atoms with Crippen LogP contribution in [-0.4, -0.2) is 13.2 Å². The molecule has 21 heavy (non-hydrogen) atoms. The minimum atomic E-state index is 0.290. The highest BCUT2D eigenvalue weighted by Gasteiger charge is 2.21. The Morgan fingerprint density at radius 2 is 2.10 bits per heavy atom. The van der Waals surface area contributed by atoms with E-state index in [2.05, 4.69) is 31.2 Å². The van der Waals surface area contributed by atoms with Crippen LogP contribution in [0.15, 0.2) is 36.4 Å². The molecule has 0 saturated carbocycles. The van der Waals surface area contributed by atoms with Gasteiger partial charge < -0.3 is 10.5 Å². The number of nitrogens with two attached hydrogens (primary N) is 1. The van der Waals surface area contributed by atoms with Crippen LogP contribution in [0.2, 0.25) is 5.02 Å². The van der Waals surface area contributed by atoms with Crippen LogP contribution in [0.25, 0.3) is 0 Å². The van der Waals surface area contributed by atoms with Crippen molar-refractivity contribution in [2.75, 3.05) is 13.2 Å². The second-order valence-corrected chi connectivity index (χ2v) is 6.08. The third-order valence-corrected chi connectivity index (χ3v) is 4.42. The molecule has 2 aromatic carbocycles. The van der Waals surface area contributed by atoms with Gasteiger partial charge in [-0.25, -0.2) is 0 Å². The third kappa shape index (κ3) is 2.92. The van der Waals surface area contributed by atoms with Crippen LogP contribution in [0.3, 0.4) is 0 Å². The average molecular weight is 302 g/mol. The molecule has 110 valence electrons. The van der Waals surface area contributed by atoms with Crippen LogP contribution in [0.5, 0.6) is 5.75 Å². The van der Waals surface area contributed by atoms with Crippen LogP contribution in [0.4, 0.5) is 0 Å². The summed E-state index contributed by atoms with van der Waals surface area (Å²) in [5.41, 5.74) is 11.0. The average Bonchev–Trinajstić information content (AvgIpc) is 2.93. The van der Waals surface area contributed by atoms with E-state index >= 15 is 0 Å². The van der Waals surface area contributed by atoms with Crippen molar-refractivity contribution in [3.63, 3.8) is 0 Å². The second-order valence-electron chi connectivity index (χ2n) is 5.64. The minimum Gasteiger partial charge on any atom is -0.493 e. The Labute approximate surface area is 130 Å². The first kappa shape index (κ1) is 14.4. The first-order valence-electron chi connectivity index (χ1n) is 7.38. The maximum atomic E-state index is 6.25. The highest BCUT2D eigenvalue weighted by atomic mass is 35.5. The second kappa shape index (κ2) is 6.08. The molecule has 0 aromatic heterocycles. The van der Waals surface area contributed by atoms with Crippen molar-refractivity contribution in [1.29, 1.82) is 0 Å². The zero-order valence-corrected chi connectivity index (χ0v) is 13.0. The molecule has 2 nitrogen and oxygen atoms in total. The largest absolute Gasteiger partial charge is 0.493 e. The van der Waals surface area contributed by atoms with Gasteiger partial charge in [0, 0.05) is 17.4 Å². The maximum Gasteiger partial charge on any atom is 0.125 e. The van der Waals surface area contributed by atoms with Gasteiger partial charge in [0.05, 0.1) is 6.61 Å². The monoisotopic (exact) mass is 301 g/mol. The summed E-state index contributed by atoms with van der Waals surface area (Å²) in [5, 5.41) is 0.787. The maximum absolute atomic E-state index is 6.25. The van der Waals surface area contributed by atoms with Gasteiger partial charge in [0.15, 0.2) is 0 Å². The lowest BCUT2D eigenvalue weighted by Crippen LogP contribution is -2.16. The number of fused-ring (bicyclic) bond motifs is 1. The molecular weight excluding hydrogens is 282 g/mol. The molecule has 1 atom stereocenters. The summed E-state index contributed by atoms with van der Waals surface area (Å²) < 4.78 is 5.80. The van der Waals surface area contributed by atoms with Crippen molar-refractivity contribution >= 4 is 11.6 Å². The molecule has 0 saturated heterocycles. The number of halogens is 1. The lowest BCUT2D eigenvalue weighted by molar-refractivity contribution is 0.352. The molecule has 0 aliphatic carbocycles. The molecule has 1 aliphatic rings. The van der Waals surface area contributed by atoms with Gasteiger partial charge in [-0.3, -0.25) is 0 Å². The van der Waals surface area contributed by atoms with E-state index in [1.807, 2.05) is 12.1 Å². The zero-order valence-electron chi connectivity index (χ0n) is 12.2. The third-order valence-electron chi connectivity index (χ3n) is 4.20. The van der Waals surface area contributed by atoms with E-state index in [0.29, 0.717) is 6.54 Å². The Hall–Kier alpha value is -1.51. The smallest absolute Gasteiger partial charge is 0.125 e. The van der Waals surface area contributed by atoms with E-state index in [-0.39, 0.29) is 5.92 Å². The summed E-state index contributed by atoms with van der Waals surface area (Å²) in [4.78, 5) is 0. The fraction of sp³-hybridized carbons (Fsp3) is 0.333. The Morgan fingerprint density at radius 3 is 2.86 bits per heavy atom. The number of ether oxygens (including phenoxy) is 1. The molecule has 1 aliphatic heterocycles. The van der Waals surface area contributed by atoms with Crippen molar-refractivity contribution in [3.05, 3.63) is 63.7 Å². The lowest BCUT2D eigenvalue weighted by Gasteiger charge is -2.19. The standard InChI is InChI=1S/C18H20ClNO/c1-12-4-2-3-5-17(12)15(11-20)8-14-10-16(19)9-13-6-7-21-18(13)14/h2-5,9-10,15H,6-8,11,20H2,1H3. The zero-order chi connectivity index (χ0) is 14.8. The van der Waals surface area contributed by atoms with E-state index < -0.39 is 0 Å². The van der Waals surface area contributed by atoms with Gasteiger partial charge in [-0.15, -0.1) is 0 Å². The first-order chi connectivity index (χ1) is 10.2. The van der Waals surface area contributed by atoms with Gasteiger partial charge >= 0.3 is 0 Å². The Balaban J connectivity index is 1.94. The predicted octanol–water partition coefficient (Wildman–Crippen LogP) is 3.87. The van der Waals surface area contributed by atoms with E-state index in [1.165, 1.54) is 22.3 Å². The number of hydrogen-bond acceptors (Lipinski definition) is 2. The molecular formula is C18H20ClNO. The molecule has 2 N–H and O–H groups in total. The predicted molar refractivity (Wildman–Crippen MR) is 87.3 cm³/mol. The van der Waals surface area contributed by atoms with Crippen molar-refractivity contribution in [3.8, 4) is 5.75 Å². The van der Waals surface area contributed by atoms with E-state index in [9.17, 15) is 0 Å². The number of hydrogen-bond donors (Lipinski definition) is 1. The summed E-state index contributed by atoms with van der Waals surface area (Å²) in [5.74, 6) is 1.31. The van der Waals surface area contributed by atoms with E-state index in [4.69, 9.17) is 22.1 Å². The quantitative estimate of drug-likeness (QED) is 0.930.